The Hall–Kier alpha value is -1.71. The van der Waals surface area contributed by atoms with Crippen LogP contribution in [0.2, 0.25) is 0 Å². The Bertz CT molecular complexity index is 360. The minimum absolute atomic E-state index is 0.545. The van der Waals surface area contributed by atoms with E-state index < -0.39 is 11.9 Å². The summed E-state index contributed by atoms with van der Waals surface area (Å²) in [5.41, 5.74) is 0.695. The summed E-state index contributed by atoms with van der Waals surface area (Å²) >= 11 is 0. The van der Waals surface area contributed by atoms with Crippen molar-refractivity contribution in [2.24, 2.45) is 0 Å². The van der Waals surface area contributed by atoms with Crippen LogP contribution in [0.15, 0.2) is 18.2 Å². The highest BCUT2D eigenvalue weighted by Gasteiger charge is 2.15. The van der Waals surface area contributed by atoms with Crippen molar-refractivity contribution in [2.75, 3.05) is 14.2 Å². The summed E-state index contributed by atoms with van der Waals surface area (Å²) in [5.74, 6) is -0.269. The highest BCUT2D eigenvalue weighted by Crippen LogP contribution is 2.30. The number of methoxy groups -OCH3 is 2. The van der Waals surface area contributed by atoms with Gasteiger partial charge in [-0.25, -0.2) is 0 Å². The highest BCUT2D eigenvalue weighted by molar-refractivity contribution is 5.75. The summed E-state index contributed by atoms with van der Waals surface area (Å²) in [5, 5.41) is 8.85. The smallest absolute Gasteiger partial charge is 0.310 e. The van der Waals surface area contributed by atoms with Gasteiger partial charge in [0.25, 0.3) is 0 Å². The molecule has 4 nitrogen and oxygen atoms in total. The average molecular weight is 210 g/mol. The van der Waals surface area contributed by atoms with Gasteiger partial charge in [-0.1, -0.05) is 6.07 Å². The van der Waals surface area contributed by atoms with Crippen LogP contribution in [0.5, 0.6) is 11.5 Å². The van der Waals surface area contributed by atoms with Crippen molar-refractivity contribution < 1.29 is 19.4 Å². The van der Waals surface area contributed by atoms with Crippen molar-refractivity contribution in [1.82, 2.24) is 0 Å². The monoisotopic (exact) mass is 210 g/mol. The van der Waals surface area contributed by atoms with E-state index in [1.165, 1.54) is 14.2 Å². The lowest BCUT2D eigenvalue weighted by atomic mass is 10.0. The second-order valence-corrected chi connectivity index (χ2v) is 3.17. The maximum absolute atomic E-state index is 10.8. The lowest BCUT2D eigenvalue weighted by molar-refractivity contribution is -0.138. The highest BCUT2D eigenvalue weighted by atomic mass is 16.5. The fourth-order valence-electron chi connectivity index (χ4n) is 1.26. The number of rotatable bonds is 4. The summed E-state index contributed by atoms with van der Waals surface area (Å²) in [6.07, 6.45) is 0. The molecule has 1 unspecified atom stereocenters. The third kappa shape index (κ3) is 2.40. The first-order valence-corrected chi connectivity index (χ1v) is 4.55. The van der Waals surface area contributed by atoms with E-state index in [4.69, 9.17) is 14.6 Å². The summed E-state index contributed by atoms with van der Waals surface area (Å²) < 4.78 is 10.1. The molecule has 0 fully saturated rings. The van der Waals surface area contributed by atoms with Crippen LogP contribution in [0.4, 0.5) is 0 Å². The van der Waals surface area contributed by atoms with Crippen molar-refractivity contribution in [3.05, 3.63) is 23.8 Å². The Morgan fingerprint density at radius 2 is 1.87 bits per heavy atom. The molecule has 0 saturated carbocycles. The maximum Gasteiger partial charge on any atom is 0.310 e. The normalized spacial score (nSPS) is 11.9. The molecule has 0 bridgehead atoms. The maximum atomic E-state index is 10.8. The van der Waals surface area contributed by atoms with Crippen molar-refractivity contribution in [3.8, 4) is 11.5 Å². The number of ether oxygens (including phenoxy) is 2. The van der Waals surface area contributed by atoms with Gasteiger partial charge in [-0.2, -0.15) is 0 Å². The summed E-state index contributed by atoms with van der Waals surface area (Å²) in [6, 6.07) is 5.10. The number of carboxylic acid groups (broad SMARTS) is 1. The molecule has 1 rings (SSSR count). The standard InChI is InChI=1S/C11H14O4/c1-7(11(12)13)8-4-5-9(14-2)10(6-8)15-3/h4-7H,1-3H3,(H,12,13). The summed E-state index contributed by atoms with van der Waals surface area (Å²) in [7, 11) is 3.06. The van der Waals surface area contributed by atoms with Gasteiger partial charge in [-0.3, -0.25) is 4.79 Å². The van der Waals surface area contributed by atoms with Crippen molar-refractivity contribution in [1.29, 1.82) is 0 Å². The van der Waals surface area contributed by atoms with Gasteiger partial charge in [0.2, 0.25) is 0 Å². The molecule has 0 aliphatic heterocycles. The summed E-state index contributed by atoms with van der Waals surface area (Å²) in [4.78, 5) is 10.8. The molecule has 82 valence electrons. The zero-order valence-electron chi connectivity index (χ0n) is 8.98. The molecule has 0 aliphatic rings. The number of carboxylic acids is 1. The molecule has 0 spiro atoms. The lowest BCUT2D eigenvalue weighted by Crippen LogP contribution is -2.07. The Morgan fingerprint density at radius 3 is 2.33 bits per heavy atom. The molecule has 0 aliphatic carbocycles. The second-order valence-electron chi connectivity index (χ2n) is 3.17. The van der Waals surface area contributed by atoms with Crippen molar-refractivity contribution in [3.63, 3.8) is 0 Å². The molecule has 1 aromatic rings. The molecule has 0 aromatic heterocycles. The first-order chi connectivity index (χ1) is 7.10. The molecular weight excluding hydrogens is 196 g/mol. The van der Waals surface area contributed by atoms with E-state index in [2.05, 4.69) is 0 Å². The van der Waals surface area contributed by atoms with E-state index in [1.54, 1.807) is 25.1 Å². The van der Waals surface area contributed by atoms with E-state index >= 15 is 0 Å². The van der Waals surface area contributed by atoms with Crippen LogP contribution in [0, 0.1) is 0 Å². The largest absolute Gasteiger partial charge is 0.493 e. The Morgan fingerprint density at radius 1 is 1.27 bits per heavy atom. The number of aliphatic carboxylic acids is 1. The Balaban J connectivity index is 3.07. The SMILES string of the molecule is COc1ccc(C(C)C(=O)O)cc1OC. The molecule has 1 aromatic carbocycles. The molecule has 4 heteroatoms. The van der Waals surface area contributed by atoms with Gasteiger partial charge in [-0.05, 0) is 24.6 Å². The molecule has 0 radical (unpaired) electrons. The molecule has 1 atom stereocenters. The van der Waals surface area contributed by atoms with Crippen LogP contribution in [0.25, 0.3) is 0 Å². The van der Waals surface area contributed by atoms with Crippen LogP contribution < -0.4 is 9.47 Å². The third-order valence-electron chi connectivity index (χ3n) is 2.28. The molecule has 0 saturated heterocycles. The van der Waals surface area contributed by atoms with E-state index in [-0.39, 0.29) is 0 Å². The number of benzene rings is 1. The minimum atomic E-state index is -0.859. The van der Waals surface area contributed by atoms with Gasteiger partial charge in [0.1, 0.15) is 0 Å². The number of carbonyl (C=O) groups is 1. The van der Waals surface area contributed by atoms with Crippen molar-refractivity contribution >= 4 is 5.97 Å². The second kappa shape index (κ2) is 4.68. The van der Waals surface area contributed by atoms with E-state index in [0.29, 0.717) is 17.1 Å². The predicted molar refractivity (Wildman–Crippen MR) is 55.6 cm³/mol. The first kappa shape index (κ1) is 11.4. The van der Waals surface area contributed by atoms with Gasteiger partial charge >= 0.3 is 5.97 Å². The number of hydrogen-bond donors (Lipinski definition) is 1. The van der Waals surface area contributed by atoms with Crippen LogP contribution in [-0.2, 0) is 4.79 Å². The van der Waals surface area contributed by atoms with Crippen LogP contribution >= 0.6 is 0 Å². The van der Waals surface area contributed by atoms with Gasteiger partial charge in [0.15, 0.2) is 11.5 Å². The minimum Gasteiger partial charge on any atom is -0.493 e. The topological polar surface area (TPSA) is 55.8 Å². The summed E-state index contributed by atoms with van der Waals surface area (Å²) in [6.45, 7) is 1.63. The fourth-order valence-corrected chi connectivity index (χ4v) is 1.26. The van der Waals surface area contributed by atoms with E-state index in [1.807, 2.05) is 0 Å². The molecule has 0 heterocycles. The lowest BCUT2D eigenvalue weighted by Gasteiger charge is -2.11. The zero-order valence-corrected chi connectivity index (χ0v) is 8.98. The van der Waals surface area contributed by atoms with Crippen molar-refractivity contribution in [2.45, 2.75) is 12.8 Å². The average Bonchev–Trinajstić information content (AvgIpc) is 2.26. The zero-order chi connectivity index (χ0) is 11.4. The third-order valence-corrected chi connectivity index (χ3v) is 2.28. The Labute approximate surface area is 88.4 Å². The molecule has 15 heavy (non-hydrogen) atoms. The van der Waals surface area contributed by atoms with Gasteiger partial charge in [-0.15, -0.1) is 0 Å². The number of hydrogen-bond acceptors (Lipinski definition) is 3. The Kier molecular flexibility index (Phi) is 3.55. The van der Waals surface area contributed by atoms with E-state index in [9.17, 15) is 4.79 Å². The first-order valence-electron chi connectivity index (χ1n) is 4.55. The van der Waals surface area contributed by atoms with Crippen LogP contribution in [0.1, 0.15) is 18.4 Å². The molecular formula is C11H14O4. The fraction of sp³-hybridized carbons (Fsp3) is 0.364. The molecule has 0 amide bonds. The quantitative estimate of drug-likeness (QED) is 0.824. The molecule has 1 N–H and O–H groups in total. The van der Waals surface area contributed by atoms with Gasteiger partial charge in [0.05, 0.1) is 20.1 Å². The van der Waals surface area contributed by atoms with Crippen LogP contribution in [0.3, 0.4) is 0 Å². The predicted octanol–water partition coefficient (Wildman–Crippen LogP) is 1.89. The van der Waals surface area contributed by atoms with Gasteiger partial charge in [0, 0.05) is 0 Å². The van der Waals surface area contributed by atoms with E-state index in [0.717, 1.165) is 0 Å². The van der Waals surface area contributed by atoms with Crippen LogP contribution in [-0.4, -0.2) is 25.3 Å². The van der Waals surface area contributed by atoms with Gasteiger partial charge < -0.3 is 14.6 Å².